The normalized spacial score (nSPS) is 13.7. The average Bonchev–Trinajstić information content (AvgIpc) is 2.62. The molecule has 4 nitrogen and oxygen atoms in total. The Hall–Kier alpha value is -1.00. The molecule has 1 aromatic rings. The highest BCUT2D eigenvalue weighted by Crippen LogP contribution is 2.33. The molecule has 0 unspecified atom stereocenters. The molecule has 5 heteroatoms. The molecule has 0 saturated carbocycles. The molecule has 0 aliphatic heterocycles. The first-order valence-electron chi connectivity index (χ1n) is 4.49. The fraction of sp³-hybridized carbons (Fsp3) is 0.500. The molecule has 1 heterocycles. The third kappa shape index (κ3) is 2.33. The molecular formula is C10H14ClNO3. The molecule has 0 spiro atoms. The highest BCUT2D eigenvalue weighted by atomic mass is 35.5. The smallest absolute Gasteiger partial charge is 0.313 e. The number of nitrogens with two attached hydrogens (primary N) is 1. The van der Waals surface area contributed by atoms with Gasteiger partial charge in [-0.25, -0.2) is 0 Å². The van der Waals surface area contributed by atoms with Crippen molar-refractivity contribution in [2.24, 2.45) is 11.1 Å². The second kappa shape index (κ2) is 4.24. The summed E-state index contributed by atoms with van der Waals surface area (Å²) in [4.78, 5) is 11.5. The summed E-state index contributed by atoms with van der Waals surface area (Å²) in [5, 5.41) is 0.251. The van der Waals surface area contributed by atoms with Gasteiger partial charge >= 0.3 is 5.97 Å². The van der Waals surface area contributed by atoms with Crippen molar-refractivity contribution in [2.45, 2.75) is 19.9 Å². The topological polar surface area (TPSA) is 65.5 Å². The van der Waals surface area contributed by atoms with Gasteiger partial charge in [0.1, 0.15) is 5.76 Å². The standard InChI is InChI=1S/C10H14ClNO3/c1-10(2,9(13)14-3)8(12)6-4-5-7(11)15-6/h4-5,8H,12H2,1-3H3/t8-/m0/s1. The second-order valence-corrected chi connectivity index (χ2v) is 4.21. The zero-order chi connectivity index (χ0) is 11.6. The summed E-state index contributed by atoms with van der Waals surface area (Å²) < 4.78 is 9.83. The molecule has 1 rings (SSSR count). The first kappa shape index (κ1) is 12.1. The summed E-state index contributed by atoms with van der Waals surface area (Å²) in [5.74, 6) is 0.0814. The summed E-state index contributed by atoms with van der Waals surface area (Å²) in [6.07, 6.45) is 0. The number of carbonyl (C=O) groups excluding carboxylic acids is 1. The molecule has 0 fully saturated rings. The molecule has 2 N–H and O–H groups in total. The molecule has 0 radical (unpaired) electrons. The van der Waals surface area contributed by atoms with E-state index in [1.165, 1.54) is 7.11 Å². The minimum Gasteiger partial charge on any atom is -0.469 e. The fourth-order valence-electron chi connectivity index (χ4n) is 1.24. The number of ether oxygens (including phenoxy) is 1. The van der Waals surface area contributed by atoms with E-state index in [1.807, 2.05) is 0 Å². The highest BCUT2D eigenvalue weighted by molar-refractivity contribution is 6.28. The van der Waals surface area contributed by atoms with E-state index >= 15 is 0 Å². The van der Waals surface area contributed by atoms with Crippen molar-refractivity contribution in [1.29, 1.82) is 0 Å². The van der Waals surface area contributed by atoms with E-state index in [1.54, 1.807) is 26.0 Å². The van der Waals surface area contributed by atoms with E-state index in [2.05, 4.69) is 4.74 Å². The lowest BCUT2D eigenvalue weighted by atomic mass is 9.83. The van der Waals surface area contributed by atoms with Crippen LogP contribution >= 0.6 is 11.6 Å². The number of hydrogen-bond acceptors (Lipinski definition) is 4. The third-order valence-corrected chi connectivity index (χ3v) is 2.59. The molecular weight excluding hydrogens is 218 g/mol. The fourth-order valence-corrected chi connectivity index (χ4v) is 1.39. The predicted octanol–water partition coefficient (Wildman–Crippen LogP) is 2.13. The van der Waals surface area contributed by atoms with E-state index < -0.39 is 11.5 Å². The van der Waals surface area contributed by atoms with Gasteiger partial charge in [0.2, 0.25) is 0 Å². The lowest BCUT2D eigenvalue weighted by Gasteiger charge is -2.26. The largest absolute Gasteiger partial charge is 0.469 e. The van der Waals surface area contributed by atoms with Crippen LogP contribution in [0.2, 0.25) is 5.22 Å². The van der Waals surface area contributed by atoms with Gasteiger partial charge in [-0.05, 0) is 37.6 Å². The van der Waals surface area contributed by atoms with Crippen LogP contribution < -0.4 is 5.73 Å². The third-order valence-electron chi connectivity index (χ3n) is 2.39. The van der Waals surface area contributed by atoms with Crippen molar-refractivity contribution >= 4 is 17.6 Å². The maximum atomic E-state index is 11.5. The van der Waals surface area contributed by atoms with Crippen molar-refractivity contribution in [2.75, 3.05) is 7.11 Å². The predicted molar refractivity (Wildman–Crippen MR) is 56.4 cm³/mol. The Labute approximate surface area is 93.3 Å². The van der Waals surface area contributed by atoms with Crippen LogP contribution in [0.15, 0.2) is 16.5 Å². The molecule has 84 valence electrons. The van der Waals surface area contributed by atoms with E-state index in [4.69, 9.17) is 21.8 Å². The van der Waals surface area contributed by atoms with Gasteiger partial charge in [-0.3, -0.25) is 4.79 Å². The molecule has 15 heavy (non-hydrogen) atoms. The van der Waals surface area contributed by atoms with Gasteiger partial charge in [-0.2, -0.15) is 0 Å². The Morgan fingerprint density at radius 3 is 2.60 bits per heavy atom. The summed E-state index contributed by atoms with van der Waals surface area (Å²) in [6, 6.07) is 2.65. The summed E-state index contributed by atoms with van der Waals surface area (Å²) >= 11 is 5.63. The van der Waals surface area contributed by atoms with Crippen molar-refractivity contribution in [3.63, 3.8) is 0 Å². The van der Waals surface area contributed by atoms with Gasteiger partial charge in [0.05, 0.1) is 18.6 Å². The Morgan fingerprint density at radius 2 is 2.20 bits per heavy atom. The molecule has 1 aromatic heterocycles. The molecule has 0 aliphatic rings. The van der Waals surface area contributed by atoms with Crippen LogP contribution in [0.3, 0.4) is 0 Å². The summed E-state index contributed by atoms with van der Waals surface area (Å²) in [6.45, 7) is 3.39. The lowest BCUT2D eigenvalue weighted by molar-refractivity contribution is -0.152. The van der Waals surface area contributed by atoms with E-state index in [0.717, 1.165) is 0 Å². The van der Waals surface area contributed by atoms with Crippen LogP contribution in [0.25, 0.3) is 0 Å². The Bertz CT molecular complexity index is 359. The number of esters is 1. The van der Waals surface area contributed by atoms with Crippen LogP contribution in [-0.4, -0.2) is 13.1 Å². The van der Waals surface area contributed by atoms with E-state index in [-0.39, 0.29) is 11.2 Å². The van der Waals surface area contributed by atoms with Crippen molar-refractivity contribution in [3.05, 3.63) is 23.1 Å². The van der Waals surface area contributed by atoms with Crippen molar-refractivity contribution in [1.82, 2.24) is 0 Å². The number of furan rings is 1. The van der Waals surface area contributed by atoms with Gasteiger partial charge < -0.3 is 14.9 Å². The van der Waals surface area contributed by atoms with Gasteiger partial charge in [-0.1, -0.05) is 0 Å². The quantitative estimate of drug-likeness (QED) is 0.810. The number of carbonyl (C=O) groups is 1. The summed E-state index contributed by atoms with van der Waals surface area (Å²) in [5.41, 5.74) is 5.06. The van der Waals surface area contributed by atoms with Gasteiger partial charge in [0.15, 0.2) is 5.22 Å². The number of rotatable bonds is 3. The van der Waals surface area contributed by atoms with Crippen LogP contribution in [0.5, 0.6) is 0 Å². The number of methoxy groups -OCH3 is 1. The molecule has 0 aliphatic carbocycles. The minimum atomic E-state index is -0.851. The van der Waals surface area contributed by atoms with Crippen LogP contribution in [0.1, 0.15) is 25.6 Å². The minimum absolute atomic E-state index is 0.251. The maximum Gasteiger partial charge on any atom is 0.313 e. The van der Waals surface area contributed by atoms with Crippen molar-refractivity contribution < 1.29 is 13.9 Å². The molecule has 0 bridgehead atoms. The number of hydrogen-bond donors (Lipinski definition) is 1. The van der Waals surface area contributed by atoms with E-state index in [9.17, 15) is 4.79 Å². The first-order chi connectivity index (χ1) is 6.89. The Balaban J connectivity index is 2.93. The number of halogens is 1. The SMILES string of the molecule is COC(=O)C(C)(C)[C@@H](N)c1ccc(Cl)o1. The molecule has 0 amide bonds. The van der Waals surface area contributed by atoms with Gasteiger partial charge in [0, 0.05) is 0 Å². The first-order valence-corrected chi connectivity index (χ1v) is 4.86. The Morgan fingerprint density at radius 1 is 1.60 bits per heavy atom. The second-order valence-electron chi connectivity index (χ2n) is 3.83. The zero-order valence-electron chi connectivity index (χ0n) is 8.91. The van der Waals surface area contributed by atoms with Gasteiger partial charge in [-0.15, -0.1) is 0 Å². The van der Waals surface area contributed by atoms with Crippen LogP contribution in [-0.2, 0) is 9.53 Å². The van der Waals surface area contributed by atoms with E-state index in [0.29, 0.717) is 5.76 Å². The average molecular weight is 232 g/mol. The van der Waals surface area contributed by atoms with Crippen LogP contribution in [0, 0.1) is 5.41 Å². The molecule has 1 atom stereocenters. The lowest BCUT2D eigenvalue weighted by Crippen LogP contribution is -2.37. The maximum absolute atomic E-state index is 11.5. The zero-order valence-corrected chi connectivity index (χ0v) is 9.67. The van der Waals surface area contributed by atoms with Crippen LogP contribution in [0.4, 0.5) is 0 Å². The van der Waals surface area contributed by atoms with Crippen molar-refractivity contribution in [3.8, 4) is 0 Å². The highest BCUT2D eigenvalue weighted by Gasteiger charge is 2.38. The monoisotopic (exact) mass is 231 g/mol. The van der Waals surface area contributed by atoms with Gasteiger partial charge in [0.25, 0.3) is 0 Å². The molecule has 0 aromatic carbocycles. The molecule has 0 saturated heterocycles. The summed E-state index contributed by atoms with van der Waals surface area (Å²) in [7, 11) is 1.33. The Kier molecular flexibility index (Phi) is 3.42.